The molecule has 2 aromatic carbocycles. The van der Waals surface area contributed by atoms with Crippen LogP contribution in [0.15, 0.2) is 48.5 Å². The van der Waals surface area contributed by atoms with Crippen LogP contribution in [0.1, 0.15) is 6.92 Å². The van der Waals surface area contributed by atoms with E-state index in [4.69, 9.17) is 10.2 Å². The predicted molar refractivity (Wildman–Crippen MR) is 103 cm³/mol. The lowest BCUT2D eigenvalue weighted by Crippen LogP contribution is -2.26. The van der Waals surface area contributed by atoms with Crippen molar-refractivity contribution in [2.75, 3.05) is 48.4 Å². The van der Waals surface area contributed by atoms with Crippen LogP contribution >= 0.6 is 0 Å². The first-order valence-corrected chi connectivity index (χ1v) is 8.49. The molecule has 5 N–H and O–H groups in total. The molecule has 0 bridgehead atoms. The van der Waals surface area contributed by atoms with Crippen LogP contribution in [0.4, 0.5) is 22.7 Å². The number of hydrogen-bond donors (Lipinski definition) is 5. The highest BCUT2D eigenvalue weighted by Gasteiger charge is 2.12. The van der Waals surface area contributed by atoms with Gasteiger partial charge < -0.3 is 30.9 Å². The molecule has 1 atom stereocenters. The molecule has 136 valence electrons. The van der Waals surface area contributed by atoms with Gasteiger partial charge in [0.15, 0.2) is 0 Å². The Bertz CT molecular complexity index is 563. The monoisotopic (exact) mass is 345 g/mol. The van der Waals surface area contributed by atoms with Gasteiger partial charge in [-0.15, -0.1) is 0 Å². The quantitative estimate of drug-likeness (QED) is 0.453. The Kier molecular flexibility index (Phi) is 7.53. The fourth-order valence-electron chi connectivity index (χ4n) is 2.54. The van der Waals surface area contributed by atoms with Gasteiger partial charge in [0, 0.05) is 42.4 Å². The lowest BCUT2D eigenvalue weighted by molar-refractivity contribution is 0.203. The SMILES string of the molecule is CC(O)CN(c1ccc(NCCO)cc1)c1ccc(NCCO)cc1. The van der Waals surface area contributed by atoms with Gasteiger partial charge in [0.1, 0.15) is 0 Å². The van der Waals surface area contributed by atoms with Gasteiger partial charge in [-0.05, 0) is 55.5 Å². The molecule has 6 nitrogen and oxygen atoms in total. The number of aliphatic hydroxyl groups is 3. The van der Waals surface area contributed by atoms with Gasteiger partial charge in [0.2, 0.25) is 0 Å². The van der Waals surface area contributed by atoms with Gasteiger partial charge in [0.05, 0.1) is 19.3 Å². The summed E-state index contributed by atoms with van der Waals surface area (Å²) in [4.78, 5) is 2.05. The number of benzene rings is 2. The van der Waals surface area contributed by atoms with Crippen LogP contribution in [-0.2, 0) is 0 Å². The normalized spacial score (nSPS) is 11.8. The van der Waals surface area contributed by atoms with Crippen molar-refractivity contribution in [2.24, 2.45) is 0 Å². The largest absolute Gasteiger partial charge is 0.395 e. The van der Waals surface area contributed by atoms with E-state index in [0.29, 0.717) is 19.6 Å². The first kappa shape index (κ1) is 19.1. The minimum absolute atomic E-state index is 0.0899. The first-order chi connectivity index (χ1) is 12.1. The Morgan fingerprint density at radius 2 is 1.20 bits per heavy atom. The minimum atomic E-state index is -0.473. The molecular formula is C19H27N3O3. The molecule has 1 unspecified atom stereocenters. The fourth-order valence-corrected chi connectivity index (χ4v) is 2.54. The molecule has 0 amide bonds. The fraction of sp³-hybridized carbons (Fsp3) is 0.368. The standard InChI is InChI=1S/C19H27N3O3/c1-15(25)14-22(18-6-2-16(3-7-18)20-10-12-23)19-8-4-17(5-9-19)21-11-13-24/h2-9,15,20-21,23-25H,10-14H2,1H3. The molecule has 0 aromatic heterocycles. The Balaban J connectivity index is 2.17. The number of nitrogens with one attached hydrogen (secondary N) is 2. The van der Waals surface area contributed by atoms with Crippen LogP contribution in [0.3, 0.4) is 0 Å². The third-order valence-corrected chi connectivity index (χ3v) is 3.69. The van der Waals surface area contributed by atoms with E-state index in [1.165, 1.54) is 0 Å². The summed E-state index contributed by atoms with van der Waals surface area (Å²) in [5, 5.41) is 33.9. The van der Waals surface area contributed by atoms with Gasteiger partial charge in [-0.25, -0.2) is 0 Å². The summed E-state index contributed by atoms with van der Waals surface area (Å²) in [5.41, 5.74) is 3.84. The predicted octanol–water partition coefficient (Wildman–Crippen LogP) is 2.01. The summed E-state index contributed by atoms with van der Waals surface area (Å²) >= 11 is 0. The van der Waals surface area contributed by atoms with E-state index in [9.17, 15) is 5.11 Å². The molecule has 0 aliphatic heterocycles. The molecule has 0 radical (unpaired) electrons. The van der Waals surface area contributed by atoms with Crippen molar-refractivity contribution in [3.8, 4) is 0 Å². The summed E-state index contributed by atoms with van der Waals surface area (Å²) in [6, 6.07) is 15.8. The second-order valence-electron chi connectivity index (χ2n) is 5.85. The topological polar surface area (TPSA) is 88.0 Å². The Morgan fingerprint density at radius 1 is 0.800 bits per heavy atom. The lowest BCUT2D eigenvalue weighted by atomic mass is 10.2. The van der Waals surface area contributed by atoms with Crippen LogP contribution in [-0.4, -0.2) is 54.3 Å². The van der Waals surface area contributed by atoms with Crippen LogP contribution in [0.5, 0.6) is 0 Å². The summed E-state index contributed by atoms with van der Waals surface area (Å²) in [5.74, 6) is 0. The maximum atomic E-state index is 9.86. The maximum Gasteiger partial charge on any atom is 0.0691 e. The first-order valence-electron chi connectivity index (χ1n) is 8.49. The Labute approximate surface area is 148 Å². The molecule has 0 fully saturated rings. The van der Waals surface area contributed by atoms with Crippen LogP contribution in [0, 0.1) is 0 Å². The van der Waals surface area contributed by atoms with E-state index in [1.807, 2.05) is 48.5 Å². The molecule has 0 heterocycles. The average molecular weight is 345 g/mol. The molecule has 2 aromatic rings. The van der Waals surface area contributed by atoms with Crippen molar-refractivity contribution >= 4 is 22.7 Å². The third-order valence-electron chi connectivity index (χ3n) is 3.69. The van der Waals surface area contributed by atoms with Crippen molar-refractivity contribution in [3.05, 3.63) is 48.5 Å². The second-order valence-corrected chi connectivity index (χ2v) is 5.85. The van der Waals surface area contributed by atoms with Gasteiger partial charge in [0.25, 0.3) is 0 Å². The van der Waals surface area contributed by atoms with Crippen molar-refractivity contribution in [1.82, 2.24) is 0 Å². The molecule has 0 aliphatic carbocycles. The number of rotatable bonds is 10. The number of anilines is 4. The minimum Gasteiger partial charge on any atom is -0.395 e. The summed E-state index contributed by atoms with van der Waals surface area (Å²) in [6.45, 7) is 3.45. The van der Waals surface area contributed by atoms with Crippen molar-refractivity contribution in [1.29, 1.82) is 0 Å². The van der Waals surface area contributed by atoms with Crippen molar-refractivity contribution in [2.45, 2.75) is 13.0 Å². The van der Waals surface area contributed by atoms with Gasteiger partial charge in [-0.2, -0.15) is 0 Å². The van der Waals surface area contributed by atoms with Crippen LogP contribution in [0.2, 0.25) is 0 Å². The van der Waals surface area contributed by atoms with Crippen molar-refractivity contribution < 1.29 is 15.3 Å². The van der Waals surface area contributed by atoms with Crippen molar-refractivity contribution in [3.63, 3.8) is 0 Å². The molecule has 0 saturated carbocycles. The third kappa shape index (κ3) is 5.94. The molecule has 6 heteroatoms. The number of aliphatic hydroxyl groups excluding tert-OH is 3. The molecule has 0 spiro atoms. The van der Waals surface area contributed by atoms with Gasteiger partial charge >= 0.3 is 0 Å². The Hall–Kier alpha value is -2.28. The molecule has 25 heavy (non-hydrogen) atoms. The number of hydrogen-bond acceptors (Lipinski definition) is 6. The molecule has 0 saturated heterocycles. The summed E-state index contributed by atoms with van der Waals surface area (Å²) < 4.78 is 0. The lowest BCUT2D eigenvalue weighted by Gasteiger charge is -2.27. The van der Waals surface area contributed by atoms with Gasteiger partial charge in [-0.3, -0.25) is 0 Å². The highest BCUT2D eigenvalue weighted by atomic mass is 16.3. The van der Waals surface area contributed by atoms with E-state index in [-0.39, 0.29) is 13.2 Å². The molecule has 2 rings (SSSR count). The maximum absolute atomic E-state index is 9.86. The number of nitrogens with zero attached hydrogens (tertiary/aromatic N) is 1. The molecular weight excluding hydrogens is 318 g/mol. The average Bonchev–Trinajstić information content (AvgIpc) is 2.63. The smallest absolute Gasteiger partial charge is 0.0691 e. The van der Waals surface area contributed by atoms with E-state index in [1.54, 1.807) is 6.92 Å². The zero-order valence-corrected chi connectivity index (χ0v) is 14.5. The van der Waals surface area contributed by atoms with Crippen LogP contribution in [0.25, 0.3) is 0 Å². The molecule has 0 aliphatic rings. The van der Waals surface area contributed by atoms with E-state index in [2.05, 4.69) is 15.5 Å². The van der Waals surface area contributed by atoms with E-state index in [0.717, 1.165) is 22.7 Å². The second kappa shape index (κ2) is 9.88. The highest BCUT2D eigenvalue weighted by molar-refractivity contribution is 5.67. The summed E-state index contributed by atoms with van der Waals surface area (Å²) in [7, 11) is 0. The summed E-state index contributed by atoms with van der Waals surface area (Å²) in [6.07, 6.45) is -0.473. The van der Waals surface area contributed by atoms with E-state index >= 15 is 0 Å². The zero-order chi connectivity index (χ0) is 18.1. The highest BCUT2D eigenvalue weighted by Crippen LogP contribution is 2.28. The zero-order valence-electron chi connectivity index (χ0n) is 14.5. The van der Waals surface area contributed by atoms with Crippen LogP contribution < -0.4 is 15.5 Å². The van der Waals surface area contributed by atoms with Gasteiger partial charge in [-0.1, -0.05) is 0 Å². The van der Waals surface area contributed by atoms with E-state index < -0.39 is 6.10 Å². The Morgan fingerprint density at radius 3 is 1.52 bits per heavy atom.